The van der Waals surface area contributed by atoms with E-state index >= 15 is 0 Å². The summed E-state index contributed by atoms with van der Waals surface area (Å²) in [5.74, 6) is -4.72. The third-order valence-corrected chi connectivity index (χ3v) is 6.90. The quantitative estimate of drug-likeness (QED) is 0.160. The second-order valence-electron chi connectivity index (χ2n) is 10.4. The molecule has 3 aromatic heterocycles. The first-order valence-electron chi connectivity index (χ1n) is 13.8. The number of alkyl halides is 9. The summed E-state index contributed by atoms with van der Waals surface area (Å²) in [6.07, 6.45) is -14.0. The molecule has 0 fully saturated rings. The van der Waals surface area contributed by atoms with Crippen LogP contribution in [0.25, 0.3) is 34.2 Å². The second kappa shape index (κ2) is 13.2. The average Bonchev–Trinajstić information content (AvgIpc) is 3.74. The molecule has 2 aromatic carbocycles. The number of carbonyl (C=O) groups excluding carboxylic acids is 1. The zero-order valence-corrected chi connectivity index (χ0v) is 24.8. The number of aromatic nitrogens is 7. The summed E-state index contributed by atoms with van der Waals surface area (Å²) in [7, 11) is 0. The largest absolute Gasteiger partial charge is 0.478 e. The van der Waals surface area contributed by atoms with Gasteiger partial charge in [-0.2, -0.15) is 39.5 Å². The molecule has 3 N–H and O–H groups in total. The summed E-state index contributed by atoms with van der Waals surface area (Å²) in [6, 6.07) is 6.51. The Morgan fingerprint density at radius 2 is 1.08 bits per heavy atom. The number of pyridine rings is 1. The van der Waals surface area contributed by atoms with Gasteiger partial charge in [0.1, 0.15) is 11.4 Å². The fourth-order valence-electron chi connectivity index (χ4n) is 4.55. The van der Waals surface area contributed by atoms with Crippen LogP contribution in [0.1, 0.15) is 48.6 Å². The van der Waals surface area contributed by atoms with Crippen LogP contribution in [0.4, 0.5) is 39.5 Å². The summed E-state index contributed by atoms with van der Waals surface area (Å²) in [4.78, 5) is 39.8. The van der Waals surface area contributed by atoms with E-state index < -0.39 is 71.6 Å². The van der Waals surface area contributed by atoms with E-state index in [2.05, 4.69) is 30.9 Å². The molecule has 0 aliphatic rings. The first-order chi connectivity index (χ1) is 23.7. The van der Waals surface area contributed by atoms with Crippen LogP contribution in [0.5, 0.6) is 0 Å². The van der Waals surface area contributed by atoms with Gasteiger partial charge in [0.05, 0.1) is 63.8 Å². The van der Waals surface area contributed by atoms with E-state index in [-0.39, 0.29) is 39.7 Å². The average molecular weight is 728 g/mol. The highest BCUT2D eigenvalue weighted by Crippen LogP contribution is 2.35. The van der Waals surface area contributed by atoms with Crippen molar-refractivity contribution in [3.05, 3.63) is 88.7 Å². The van der Waals surface area contributed by atoms with Crippen molar-refractivity contribution in [1.29, 1.82) is 0 Å². The fraction of sp³-hybridized carbons (Fsp3) is 0.172. The van der Waals surface area contributed by atoms with Crippen molar-refractivity contribution in [2.75, 3.05) is 6.54 Å². The molecule has 0 atom stereocenters. The number of nitrogens with one attached hydrogen (secondary N) is 1. The van der Waals surface area contributed by atoms with Crippen LogP contribution in [0.15, 0.2) is 60.9 Å². The molecule has 0 bridgehead atoms. The van der Waals surface area contributed by atoms with Crippen molar-refractivity contribution in [3.8, 4) is 34.2 Å². The van der Waals surface area contributed by atoms with E-state index in [0.717, 1.165) is 46.0 Å². The van der Waals surface area contributed by atoms with Crippen molar-refractivity contribution in [2.45, 2.75) is 24.9 Å². The van der Waals surface area contributed by atoms with Gasteiger partial charge in [0, 0.05) is 12.1 Å². The first-order valence-corrected chi connectivity index (χ1v) is 13.8. The molecule has 51 heavy (non-hydrogen) atoms. The predicted molar refractivity (Wildman–Crippen MR) is 152 cm³/mol. The molecule has 0 saturated heterocycles. The third-order valence-electron chi connectivity index (χ3n) is 6.90. The smallest absolute Gasteiger partial charge is 0.417 e. The van der Waals surface area contributed by atoms with Gasteiger partial charge in [-0.3, -0.25) is 4.79 Å². The van der Waals surface area contributed by atoms with E-state index in [1.54, 1.807) is 0 Å². The lowest BCUT2D eigenvalue weighted by Gasteiger charge is -2.12. The minimum atomic E-state index is -5.07. The van der Waals surface area contributed by atoms with Gasteiger partial charge in [-0.25, -0.2) is 23.9 Å². The minimum Gasteiger partial charge on any atom is -0.478 e. The maximum atomic E-state index is 13.6. The van der Waals surface area contributed by atoms with Crippen LogP contribution in [0.3, 0.4) is 0 Å². The molecule has 0 radical (unpaired) electrons. The first kappa shape index (κ1) is 35.9. The summed E-state index contributed by atoms with van der Waals surface area (Å²) < 4.78 is 121. The molecule has 5 aromatic rings. The second-order valence-corrected chi connectivity index (χ2v) is 10.4. The standard InChI is InChI=1S/C29H17F9N8O5/c30-27(31,32)5-6-39-24(47)13-7-20(22-11-45(43-41-22)14-1-3-16(25(48)49)18(9-14)28(33,34)35)40-21(8-13)23-12-46(44-42-23)15-2-4-17(26(50)51)19(10-15)29(36,37)38/h1-4,7-12H,5-6H2,(H,39,47)(H,48,49)(H,50,51). The highest BCUT2D eigenvalue weighted by atomic mass is 19.4. The number of hydrogen-bond acceptors (Lipinski definition) is 8. The lowest BCUT2D eigenvalue weighted by atomic mass is 10.1. The molecule has 5 rings (SSSR count). The highest BCUT2D eigenvalue weighted by Gasteiger charge is 2.37. The molecular weight excluding hydrogens is 711 g/mol. The summed E-state index contributed by atoms with van der Waals surface area (Å²) in [5.41, 5.74) is -6.83. The van der Waals surface area contributed by atoms with Crippen LogP contribution in [-0.2, 0) is 12.4 Å². The molecule has 22 heteroatoms. The minimum absolute atomic E-state index is 0.205. The number of nitrogens with zero attached hydrogens (tertiary/aromatic N) is 7. The van der Waals surface area contributed by atoms with Crippen LogP contribution < -0.4 is 5.32 Å². The Kier molecular flexibility index (Phi) is 9.28. The predicted octanol–water partition coefficient (Wildman–Crippen LogP) is 5.69. The Morgan fingerprint density at radius 3 is 1.45 bits per heavy atom. The lowest BCUT2D eigenvalue weighted by Crippen LogP contribution is -2.28. The lowest BCUT2D eigenvalue weighted by molar-refractivity contribution is -0.138. The Bertz CT molecular complexity index is 2020. The van der Waals surface area contributed by atoms with Gasteiger partial charge < -0.3 is 15.5 Å². The normalized spacial score (nSPS) is 12.2. The molecular formula is C29H17F9N8O5. The van der Waals surface area contributed by atoms with Gasteiger partial charge in [-0.05, 0) is 48.5 Å². The third kappa shape index (κ3) is 8.11. The molecule has 0 aliphatic heterocycles. The van der Waals surface area contributed by atoms with Gasteiger partial charge in [-0.1, -0.05) is 10.4 Å². The van der Waals surface area contributed by atoms with Crippen LogP contribution >= 0.6 is 0 Å². The van der Waals surface area contributed by atoms with Crippen LogP contribution in [-0.4, -0.2) is 75.8 Å². The van der Waals surface area contributed by atoms with Gasteiger partial charge in [-0.15, -0.1) is 10.2 Å². The Hall–Kier alpha value is -6.35. The van der Waals surface area contributed by atoms with Gasteiger partial charge in [0.25, 0.3) is 5.91 Å². The summed E-state index contributed by atoms with van der Waals surface area (Å²) in [6.45, 7) is -0.830. The number of rotatable bonds is 9. The SMILES string of the molecule is O=C(NCCC(F)(F)F)c1cc(-c2cn(-c3ccc(C(=O)O)c(C(F)(F)F)c3)nn2)nc(-c2cn(-c3ccc(C(=O)O)c(C(F)(F)F)c3)nn2)c1. The monoisotopic (exact) mass is 728 g/mol. The molecule has 1 amide bonds. The molecule has 3 heterocycles. The number of amides is 1. The van der Waals surface area contributed by atoms with Gasteiger partial charge >= 0.3 is 30.5 Å². The number of benzene rings is 2. The molecule has 0 saturated carbocycles. The van der Waals surface area contributed by atoms with E-state index in [9.17, 15) is 53.9 Å². The van der Waals surface area contributed by atoms with Crippen molar-refractivity contribution >= 4 is 17.8 Å². The number of aromatic carboxylic acids is 2. The van der Waals surface area contributed by atoms with E-state index in [1.807, 2.05) is 0 Å². The Morgan fingerprint density at radius 1 is 0.647 bits per heavy atom. The number of hydrogen-bond donors (Lipinski definition) is 3. The molecule has 0 spiro atoms. The molecule has 0 unspecified atom stereocenters. The van der Waals surface area contributed by atoms with Crippen molar-refractivity contribution in [3.63, 3.8) is 0 Å². The highest BCUT2D eigenvalue weighted by molar-refractivity contribution is 5.96. The number of carboxylic acids is 2. The molecule has 266 valence electrons. The Balaban J connectivity index is 1.56. The van der Waals surface area contributed by atoms with Crippen molar-refractivity contribution in [1.82, 2.24) is 40.3 Å². The van der Waals surface area contributed by atoms with E-state index in [0.29, 0.717) is 24.3 Å². The van der Waals surface area contributed by atoms with Gasteiger partial charge in [0.2, 0.25) is 0 Å². The number of carboxylic acid groups (broad SMARTS) is 2. The number of halogens is 9. The fourth-order valence-corrected chi connectivity index (χ4v) is 4.55. The van der Waals surface area contributed by atoms with Crippen molar-refractivity contribution < 1.29 is 64.1 Å². The maximum Gasteiger partial charge on any atom is 0.417 e. The zero-order valence-electron chi connectivity index (χ0n) is 24.8. The van der Waals surface area contributed by atoms with Gasteiger partial charge in [0.15, 0.2) is 0 Å². The molecule has 0 aliphatic carbocycles. The van der Waals surface area contributed by atoms with Crippen LogP contribution in [0, 0.1) is 0 Å². The molecule has 13 nitrogen and oxygen atoms in total. The number of carbonyl (C=O) groups is 3. The van der Waals surface area contributed by atoms with Crippen molar-refractivity contribution in [2.24, 2.45) is 0 Å². The summed E-state index contributed by atoms with van der Waals surface area (Å²) >= 11 is 0. The maximum absolute atomic E-state index is 13.6. The zero-order chi connectivity index (χ0) is 37.5. The van der Waals surface area contributed by atoms with E-state index in [1.165, 1.54) is 0 Å². The van der Waals surface area contributed by atoms with E-state index in [4.69, 9.17) is 10.2 Å². The Labute approximate surface area is 277 Å². The topological polar surface area (TPSA) is 178 Å². The summed E-state index contributed by atoms with van der Waals surface area (Å²) in [5, 5.41) is 35.5. The van der Waals surface area contributed by atoms with Crippen LogP contribution in [0.2, 0.25) is 0 Å².